The molecule has 0 amide bonds. The number of carbonyl (C=O) groups is 2. The van der Waals surface area contributed by atoms with Gasteiger partial charge in [0.25, 0.3) is 0 Å². The second-order valence-corrected chi connectivity index (χ2v) is 16.2. The minimum absolute atomic E-state index is 0.221. The third kappa shape index (κ3) is 30.0. The first kappa shape index (κ1) is 53.2. The summed E-state index contributed by atoms with van der Waals surface area (Å²) in [7, 11) is 0. The molecule has 334 valence electrons. The van der Waals surface area contributed by atoms with Crippen LogP contribution < -0.4 is 0 Å². The van der Waals surface area contributed by atoms with Gasteiger partial charge in [-0.25, -0.2) is 0 Å². The maximum absolute atomic E-state index is 12.8. The Bertz CT molecular complexity index is 985. The highest BCUT2D eigenvalue weighted by molar-refractivity contribution is 5.70. The van der Waals surface area contributed by atoms with Crippen molar-refractivity contribution in [1.29, 1.82) is 0 Å². The van der Waals surface area contributed by atoms with Crippen LogP contribution in [0.15, 0.2) is 24.3 Å². The predicted molar refractivity (Wildman–Crippen MR) is 229 cm³/mol. The first-order valence-corrected chi connectivity index (χ1v) is 23.4. The summed E-state index contributed by atoms with van der Waals surface area (Å²) in [4.78, 5) is 25.3. The van der Waals surface area contributed by atoms with Crippen LogP contribution in [0.2, 0.25) is 0 Å². The third-order valence-corrected chi connectivity index (χ3v) is 10.8. The number of unbranched alkanes of at least 4 members (excludes halogenated alkanes) is 24. The van der Waals surface area contributed by atoms with Gasteiger partial charge in [-0.1, -0.05) is 154 Å². The van der Waals surface area contributed by atoms with Crippen LogP contribution in [-0.2, 0) is 28.5 Å². The summed E-state index contributed by atoms with van der Waals surface area (Å²) in [6, 6.07) is 0. The standard InChI is InChI=1S/C47H86O10/c1-3-5-7-9-11-13-15-17-19-20-22-24-26-28-30-32-34-36-43(50)56-40(39-55-47-46(53)45(52)44(51)41(37-48)57-47)38-54-42(49)35-33-31-29-27-25-23-21-18-16-14-12-10-8-6-4-2/h17-19,21,40-41,44-48,51-53H,3-16,20,22-39H2,1-2H3/b19-17-,21-18-. The first-order chi connectivity index (χ1) is 27.8. The molecular formula is C47H86O10. The lowest BCUT2D eigenvalue weighted by Gasteiger charge is -2.39. The highest BCUT2D eigenvalue weighted by atomic mass is 16.7. The number of hydrogen-bond acceptors (Lipinski definition) is 10. The normalized spacial score (nSPS) is 20.4. The summed E-state index contributed by atoms with van der Waals surface area (Å²) in [5, 5.41) is 40.1. The van der Waals surface area contributed by atoms with E-state index in [0.29, 0.717) is 6.42 Å². The van der Waals surface area contributed by atoms with Gasteiger partial charge in [0.1, 0.15) is 31.0 Å². The average molecular weight is 811 g/mol. The first-order valence-electron chi connectivity index (χ1n) is 23.4. The molecule has 0 saturated carbocycles. The summed E-state index contributed by atoms with van der Waals surface area (Å²) in [5.74, 6) is -0.816. The molecule has 0 aromatic heterocycles. The highest BCUT2D eigenvalue weighted by Crippen LogP contribution is 2.23. The van der Waals surface area contributed by atoms with Crippen molar-refractivity contribution in [1.82, 2.24) is 0 Å². The van der Waals surface area contributed by atoms with Crippen molar-refractivity contribution in [2.45, 2.75) is 243 Å². The van der Waals surface area contributed by atoms with Crippen LogP contribution in [0.3, 0.4) is 0 Å². The number of hydrogen-bond donors (Lipinski definition) is 4. The summed E-state index contributed by atoms with van der Waals surface area (Å²) in [5.41, 5.74) is 0. The Morgan fingerprint density at radius 2 is 0.930 bits per heavy atom. The molecule has 1 rings (SSSR count). The molecule has 1 aliphatic rings. The zero-order valence-corrected chi connectivity index (χ0v) is 36.3. The second kappa shape index (κ2) is 38.4. The van der Waals surface area contributed by atoms with Crippen LogP contribution in [0.25, 0.3) is 0 Å². The van der Waals surface area contributed by atoms with Crippen LogP contribution in [0.4, 0.5) is 0 Å². The van der Waals surface area contributed by atoms with Crippen LogP contribution in [-0.4, -0.2) is 89.0 Å². The smallest absolute Gasteiger partial charge is 0.306 e. The van der Waals surface area contributed by atoms with Gasteiger partial charge in [0, 0.05) is 12.8 Å². The summed E-state index contributed by atoms with van der Waals surface area (Å²) in [6.45, 7) is 3.41. The van der Waals surface area contributed by atoms with E-state index in [2.05, 4.69) is 38.2 Å². The van der Waals surface area contributed by atoms with Gasteiger partial charge in [-0.05, 0) is 64.2 Å². The molecule has 10 heteroatoms. The Labute approximate surface area is 347 Å². The fourth-order valence-electron chi connectivity index (χ4n) is 7.06. The van der Waals surface area contributed by atoms with Gasteiger partial charge < -0.3 is 39.4 Å². The SMILES string of the molecule is CCCCCCCC/C=C\CCCCCCCCCC(=O)OC(COC(=O)CCCCCCC/C=C\CCCCCCCC)COC1OC(CO)C(O)C(O)C1O. The van der Waals surface area contributed by atoms with E-state index in [1.54, 1.807) is 0 Å². The number of aliphatic hydroxyl groups is 4. The average Bonchev–Trinajstić information content (AvgIpc) is 3.21. The lowest BCUT2D eigenvalue weighted by Crippen LogP contribution is -2.59. The van der Waals surface area contributed by atoms with Crippen molar-refractivity contribution in [2.75, 3.05) is 19.8 Å². The van der Waals surface area contributed by atoms with Gasteiger partial charge in [0.05, 0.1) is 13.2 Å². The van der Waals surface area contributed by atoms with E-state index in [4.69, 9.17) is 18.9 Å². The fourth-order valence-corrected chi connectivity index (χ4v) is 7.06. The quantitative estimate of drug-likeness (QED) is 0.0268. The highest BCUT2D eigenvalue weighted by Gasteiger charge is 2.44. The molecule has 1 fully saturated rings. The van der Waals surface area contributed by atoms with Crippen LogP contribution in [0.1, 0.15) is 206 Å². The molecule has 0 aliphatic carbocycles. The Balaban J connectivity index is 2.32. The van der Waals surface area contributed by atoms with Gasteiger partial charge in [-0.2, -0.15) is 0 Å². The maximum atomic E-state index is 12.8. The number of esters is 2. The van der Waals surface area contributed by atoms with Crippen molar-refractivity contribution in [3.63, 3.8) is 0 Å². The van der Waals surface area contributed by atoms with Crippen molar-refractivity contribution >= 4 is 11.9 Å². The molecule has 0 aromatic carbocycles. The minimum atomic E-state index is -1.59. The molecule has 1 heterocycles. The fraction of sp³-hybridized carbons (Fsp3) is 0.872. The summed E-state index contributed by atoms with van der Waals surface area (Å²) < 4.78 is 22.2. The van der Waals surface area contributed by atoms with E-state index in [-0.39, 0.29) is 32.0 Å². The zero-order chi connectivity index (χ0) is 41.6. The summed E-state index contributed by atoms with van der Waals surface area (Å²) >= 11 is 0. The Kier molecular flexibility index (Phi) is 35.8. The second-order valence-electron chi connectivity index (χ2n) is 16.2. The Morgan fingerprint density at radius 3 is 1.37 bits per heavy atom. The number of ether oxygens (including phenoxy) is 4. The molecular weight excluding hydrogens is 725 g/mol. The number of aliphatic hydroxyl groups excluding tert-OH is 4. The molecule has 57 heavy (non-hydrogen) atoms. The molecule has 0 spiro atoms. The van der Waals surface area contributed by atoms with Gasteiger partial charge in [0.2, 0.25) is 0 Å². The van der Waals surface area contributed by atoms with Gasteiger partial charge in [-0.15, -0.1) is 0 Å². The van der Waals surface area contributed by atoms with Crippen molar-refractivity contribution in [3.8, 4) is 0 Å². The van der Waals surface area contributed by atoms with E-state index in [1.807, 2.05) is 0 Å². The molecule has 6 unspecified atom stereocenters. The lowest BCUT2D eigenvalue weighted by molar-refractivity contribution is -0.305. The third-order valence-electron chi connectivity index (χ3n) is 10.8. The van der Waals surface area contributed by atoms with Crippen LogP contribution >= 0.6 is 0 Å². The summed E-state index contributed by atoms with van der Waals surface area (Å²) in [6.07, 6.45) is 34.6. The molecule has 0 bridgehead atoms. The maximum Gasteiger partial charge on any atom is 0.306 e. The van der Waals surface area contributed by atoms with E-state index in [1.165, 1.54) is 109 Å². The van der Waals surface area contributed by atoms with Crippen molar-refractivity contribution in [3.05, 3.63) is 24.3 Å². The largest absolute Gasteiger partial charge is 0.462 e. The number of allylic oxidation sites excluding steroid dienone is 4. The Morgan fingerprint density at radius 1 is 0.526 bits per heavy atom. The molecule has 0 radical (unpaired) electrons. The number of carbonyl (C=O) groups excluding carboxylic acids is 2. The molecule has 1 saturated heterocycles. The van der Waals surface area contributed by atoms with E-state index in [9.17, 15) is 30.0 Å². The molecule has 1 aliphatic heterocycles. The van der Waals surface area contributed by atoms with Crippen LogP contribution in [0.5, 0.6) is 0 Å². The Hall–Kier alpha value is -1.82. The monoisotopic (exact) mass is 811 g/mol. The van der Waals surface area contributed by atoms with Crippen molar-refractivity contribution in [2.24, 2.45) is 0 Å². The van der Waals surface area contributed by atoms with E-state index >= 15 is 0 Å². The molecule has 0 aromatic rings. The van der Waals surface area contributed by atoms with Gasteiger partial charge in [-0.3, -0.25) is 9.59 Å². The van der Waals surface area contributed by atoms with Gasteiger partial charge in [0.15, 0.2) is 12.4 Å². The minimum Gasteiger partial charge on any atom is -0.462 e. The zero-order valence-electron chi connectivity index (χ0n) is 36.3. The molecule has 4 N–H and O–H groups in total. The van der Waals surface area contributed by atoms with E-state index < -0.39 is 49.4 Å². The van der Waals surface area contributed by atoms with Gasteiger partial charge >= 0.3 is 11.9 Å². The van der Waals surface area contributed by atoms with Crippen molar-refractivity contribution < 1.29 is 49.0 Å². The lowest BCUT2D eigenvalue weighted by atomic mass is 9.99. The van der Waals surface area contributed by atoms with Crippen LogP contribution in [0, 0.1) is 0 Å². The topological polar surface area (TPSA) is 152 Å². The predicted octanol–water partition coefficient (Wildman–Crippen LogP) is 10.1. The number of rotatable bonds is 39. The molecule has 6 atom stereocenters. The molecule has 10 nitrogen and oxygen atoms in total. The van der Waals surface area contributed by atoms with E-state index in [0.717, 1.165) is 64.2 Å².